The molecule has 0 spiro atoms. The largest absolute Gasteiger partial charge is 0.349 e. The van der Waals surface area contributed by atoms with Crippen LogP contribution in [-0.4, -0.2) is 5.97 Å². The molecule has 0 atom stereocenters. The molecule has 0 aliphatic heterocycles. The number of carbonyl (C=O) groups excluding carboxylic acids is 1. The average molecular weight is 101 g/mol. The van der Waals surface area contributed by atoms with E-state index in [0.717, 1.165) is 0 Å². The van der Waals surface area contributed by atoms with Crippen LogP contribution in [-0.2, 0) is 14.9 Å². The molecule has 0 rings (SSSR count). The zero-order valence-electron chi connectivity index (χ0n) is 3.72. The summed E-state index contributed by atoms with van der Waals surface area (Å²) in [7, 11) is 0. The standard InChI is InChI=1S/C4H5O3/c1-2-3-4(5)7-6/h2H,1,3H2. The topological polar surface area (TPSA) is 46.2 Å². The molecule has 0 saturated heterocycles. The Morgan fingerprint density at radius 2 is 2.43 bits per heavy atom. The van der Waals surface area contributed by atoms with E-state index < -0.39 is 5.97 Å². The van der Waals surface area contributed by atoms with Gasteiger partial charge in [0.1, 0.15) is 0 Å². The fourth-order valence-corrected chi connectivity index (χ4v) is 0.152. The molecule has 0 aliphatic carbocycles. The van der Waals surface area contributed by atoms with Crippen LogP contribution >= 0.6 is 0 Å². The van der Waals surface area contributed by atoms with E-state index in [1.165, 1.54) is 6.08 Å². The lowest BCUT2D eigenvalue weighted by atomic mass is 10.4. The van der Waals surface area contributed by atoms with Gasteiger partial charge in [0.25, 0.3) is 0 Å². The molecule has 0 heterocycles. The van der Waals surface area contributed by atoms with Gasteiger partial charge in [-0.25, -0.2) is 4.79 Å². The van der Waals surface area contributed by atoms with Crippen LogP contribution in [0.1, 0.15) is 6.42 Å². The zero-order chi connectivity index (χ0) is 5.70. The van der Waals surface area contributed by atoms with Crippen molar-refractivity contribution in [3.05, 3.63) is 12.7 Å². The quantitative estimate of drug-likeness (QED) is 0.288. The van der Waals surface area contributed by atoms with Gasteiger partial charge in [-0.2, -0.15) is 0 Å². The van der Waals surface area contributed by atoms with E-state index in [0.29, 0.717) is 0 Å². The van der Waals surface area contributed by atoms with Gasteiger partial charge in [0.05, 0.1) is 6.42 Å². The molecule has 3 heteroatoms. The van der Waals surface area contributed by atoms with Gasteiger partial charge >= 0.3 is 5.97 Å². The fourth-order valence-electron chi connectivity index (χ4n) is 0.152. The SMILES string of the molecule is C=CCC(=O)O[O]. The lowest BCUT2D eigenvalue weighted by Crippen LogP contribution is -1.95. The van der Waals surface area contributed by atoms with Crippen molar-refractivity contribution in [1.29, 1.82) is 0 Å². The molecule has 0 aromatic carbocycles. The van der Waals surface area contributed by atoms with Crippen LogP contribution in [0.2, 0.25) is 0 Å². The lowest BCUT2D eigenvalue weighted by Gasteiger charge is -1.81. The summed E-state index contributed by atoms with van der Waals surface area (Å²) in [6.07, 6.45) is 1.30. The Labute approximate surface area is 41.1 Å². The Kier molecular flexibility index (Phi) is 2.96. The Hall–Kier alpha value is -0.830. The summed E-state index contributed by atoms with van der Waals surface area (Å²) in [6.45, 7) is 3.21. The van der Waals surface area contributed by atoms with E-state index in [9.17, 15) is 4.79 Å². The van der Waals surface area contributed by atoms with Crippen molar-refractivity contribution in [2.45, 2.75) is 6.42 Å². The highest BCUT2D eigenvalue weighted by Gasteiger charge is 1.94. The minimum Gasteiger partial charge on any atom is -0.266 e. The summed E-state index contributed by atoms with van der Waals surface area (Å²) in [5, 5.41) is 9.12. The monoisotopic (exact) mass is 101 g/mol. The molecular formula is C4H5O3. The minimum atomic E-state index is -0.796. The maximum atomic E-state index is 9.81. The van der Waals surface area contributed by atoms with Crippen molar-refractivity contribution in [2.24, 2.45) is 0 Å². The van der Waals surface area contributed by atoms with Crippen LogP contribution in [0.25, 0.3) is 0 Å². The van der Waals surface area contributed by atoms with Crippen LogP contribution in [0.3, 0.4) is 0 Å². The summed E-state index contributed by atoms with van der Waals surface area (Å²) in [6, 6.07) is 0. The predicted octanol–water partition coefficient (Wildman–Crippen LogP) is 0.451. The highest BCUT2D eigenvalue weighted by atomic mass is 17.1. The van der Waals surface area contributed by atoms with E-state index in [-0.39, 0.29) is 6.42 Å². The minimum absolute atomic E-state index is 0.0104. The van der Waals surface area contributed by atoms with Crippen molar-refractivity contribution in [3.63, 3.8) is 0 Å². The second-order valence-corrected chi connectivity index (χ2v) is 0.948. The summed E-state index contributed by atoms with van der Waals surface area (Å²) in [5.41, 5.74) is 0. The third-order valence-electron chi connectivity index (χ3n) is 0.404. The highest BCUT2D eigenvalue weighted by Crippen LogP contribution is 1.81. The van der Waals surface area contributed by atoms with Crippen LogP contribution in [0.5, 0.6) is 0 Å². The van der Waals surface area contributed by atoms with Gasteiger partial charge in [-0.15, -0.1) is 6.58 Å². The van der Waals surface area contributed by atoms with Crippen LogP contribution in [0.4, 0.5) is 0 Å². The van der Waals surface area contributed by atoms with Crippen molar-refractivity contribution in [1.82, 2.24) is 0 Å². The molecule has 0 aromatic heterocycles. The smallest absolute Gasteiger partial charge is 0.266 e. The molecule has 39 valence electrons. The molecule has 0 N–H and O–H groups in total. The van der Waals surface area contributed by atoms with E-state index in [1.54, 1.807) is 0 Å². The van der Waals surface area contributed by atoms with Gasteiger partial charge in [0.2, 0.25) is 0 Å². The summed E-state index contributed by atoms with van der Waals surface area (Å²) >= 11 is 0. The van der Waals surface area contributed by atoms with Gasteiger partial charge in [-0.05, 0) is 0 Å². The van der Waals surface area contributed by atoms with E-state index >= 15 is 0 Å². The first-order valence-electron chi connectivity index (χ1n) is 1.74. The van der Waals surface area contributed by atoms with Crippen molar-refractivity contribution in [3.8, 4) is 0 Å². The third-order valence-corrected chi connectivity index (χ3v) is 0.404. The Balaban J connectivity index is 3.17. The molecule has 0 aliphatic rings. The second-order valence-electron chi connectivity index (χ2n) is 0.948. The Bertz CT molecular complexity index is 77.0. The maximum Gasteiger partial charge on any atom is 0.349 e. The third kappa shape index (κ3) is 2.99. The number of hydrogen-bond donors (Lipinski definition) is 0. The zero-order valence-corrected chi connectivity index (χ0v) is 3.72. The van der Waals surface area contributed by atoms with Gasteiger partial charge in [-0.1, -0.05) is 6.08 Å². The fraction of sp³-hybridized carbons (Fsp3) is 0.250. The first-order chi connectivity index (χ1) is 3.31. The predicted molar refractivity (Wildman–Crippen MR) is 21.6 cm³/mol. The van der Waals surface area contributed by atoms with Gasteiger partial charge in [-0.3, -0.25) is 4.89 Å². The molecule has 0 fully saturated rings. The van der Waals surface area contributed by atoms with Gasteiger partial charge in [0, 0.05) is 5.26 Å². The molecule has 0 unspecified atom stereocenters. The number of rotatable bonds is 2. The van der Waals surface area contributed by atoms with Crippen LogP contribution in [0.15, 0.2) is 12.7 Å². The van der Waals surface area contributed by atoms with Crippen molar-refractivity contribution in [2.75, 3.05) is 0 Å². The summed E-state index contributed by atoms with van der Waals surface area (Å²) < 4.78 is 0. The lowest BCUT2D eigenvalue weighted by molar-refractivity contribution is -0.277. The first kappa shape index (κ1) is 6.17. The summed E-state index contributed by atoms with van der Waals surface area (Å²) in [4.78, 5) is 12.8. The average Bonchev–Trinajstić information content (AvgIpc) is 1.68. The van der Waals surface area contributed by atoms with E-state index in [2.05, 4.69) is 11.5 Å². The Morgan fingerprint density at radius 1 is 1.86 bits per heavy atom. The summed E-state index contributed by atoms with van der Waals surface area (Å²) in [5.74, 6) is -0.796. The normalized spacial score (nSPS) is 7.57. The molecule has 0 saturated carbocycles. The van der Waals surface area contributed by atoms with E-state index in [4.69, 9.17) is 5.26 Å². The molecule has 7 heavy (non-hydrogen) atoms. The molecule has 1 radical (unpaired) electrons. The Morgan fingerprint density at radius 3 is 2.57 bits per heavy atom. The van der Waals surface area contributed by atoms with Crippen LogP contribution in [0, 0.1) is 0 Å². The second kappa shape index (κ2) is 3.36. The molecule has 0 bridgehead atoms. The van der Waals surface area contributed by atoms with Crippen LogP contribution < -0.4 is 0 Å². The molecular weight excluding hydrogens is 96.0 g/mol. The first-order valence-corrected chi connectivity index (χ1v) is 1.74. The molecule has 0 amide bonds. The highest BCUT2D eigenvalue weighted by molar-refractivity contribution is 5.70. The molecule has 3 nitrogen and oxygen atoms in total. The maximum absolute atomic E-state index is 9.81. The van der Waals surface area contributed by atoms with Gasteiger partial charge < -0.3 is 0 Å². The van der Waals surface area contributed by atoms with E-state index in [1.807, 2.05) is 0 Å². The number of carbonyl (C=O) groups is 1. The van der Waals surface area contributed by atoms with Crippen molar-refractivity contribution >= 4 is 5.97 Å². The molecule has 0 aromatic rings. The van der Waals surface area contributed by atoms with Gasteiger partial charge in [0.15, 0.2) is 0 Å². The number of hydrogen-bond acceptors (Lipinski definition) is 2. The van der Waals surface area contributed by atoms with Crippen molar-refractivity contribution < 1.29 is 14.9 Å².